The van der Waals surface area contributed by atoms with Crippen molar-refractivity contribution in [2.24, 2.45) is 5.92 Å². The van der Waals surface area contributed by atoms with E-state index in [4.69, 9.17) is 0 Å². The molecule has 0 saturated carbocycles. The molecule has 0 atom stereocenters. The minimum atomic E-state index is -0.188. The van der Waals surface area contributed by atoms with E-state index in [1.165, 1.54) is 6.07 Å². The fraction of sp³-hybridized carbons (Fsp3) is 0.562. The lowest BCUT2D eigenvalue weighted by molar-refractivity contribution is -0.120. The Morgan fingerprint density at radius 2 is 2.19 bits per heavy atom. The zero-order valence-electron chi connectivity index (χ0n) is 12.8. The van der Waals surface area contributed by atoms with Crippen molar-refractivity contribution in [3.63, 3.8) is 0 Å². The van der Waals surface area contributed by atoms with Gasteiger partial charge in [-0.2, -0.15) is 0 Å². The van der Waals surface area contributed by atoms with E-state index < -0.39 is 0 Å². The highest BCUT2D eigenvalue weighted by atomic mass is 19.1. The Morgan fingerprint density at radius 1 is 1.38 bits per heavy atom. The van der Waals surface area contributed by atoms with E-state index >= 15 is 0 Å². The molecular weight excluding hydrogens is 269 g/mol. The van der Waals surface area contributed by atoms with Gasteiger partial charge in [0.25, 0.3) is 0 Å². The Balaban J connectivity index is 2.14. The third-order valence-corrected chi connectivity index (χ3v) is 3.60. The maximum absolute atomic E-state index is 14.2. The molecule has 0 bridgehead atoms. The number of amides is 1. The number of anilines is 1. The zero-order chi connectivity index (χ0) is 15.2. The topological polar surface area (TPSA) is 44.4 Å². The molecule has 4 nitrogen and oxygen atoms in total. The van der Waals surface area contributed by atoms with E-state index in [0.29, 0.717) is 44.1 Å². The second kappa shape index (κ2) is 7.41. The third-order valence-electron chi connectivity index (χ3n) is 3.60. The van der Waals surface area contributed by atoms with Crippen LogP contribution in [0, 0.1) is 11.7 Å². The Labute approximate surface area is 125 Å². The summed E-state index contributed by atoms with van der Waals surface area (Å²) >= 11 is 0. The van der Waals surface area contributed by atoms with Crippen molar-refractivity contribution >= 4 is 11.6 Å². The smallest absolute Gasteiger partial charge is 0.221 e. The minimum absolute atomic E-state index is 0.0633. The zero-order valence-corrected chi connectivity index (χ0v) is 12.8. The van der Waals surface area contributed by atoms with Crippen LogP contribution in [0.15, 0.2) is 18.2 Å². The molecule has 1 fully saturated rings. The van der Waals surface area contributed by atoms with Crippen LogP contribution in [0.4, 0.5) is 10.1 Å². The third kappa shape index (κ3) is 4.43. The molecule has 5 heteroatoms. The molecule has 1 aromatic rings. The van der Waals surface area contributed by atoms with Crippen LogP contribution in [0.25, 0.3) is 0 Å². The summed E-state index contributed by atoms with van der Waals surface area (Å²) in [7, 11) is 0. The van der Waals surface area contributed by atoms with Gasteiger partial charge in [0.15, 0.2) is 0 Å². The minimum Gasteiger partial charge on any atom is -0.369 e. The second-order valence-corrected chi connectivity index (χ2v) is 5.85. The molecule has 1 saturated heterocycles. The molecule has 116 valence electrons. The fourth-order valence-corrected chi connectivity index (χ4v) is 2.51. The van der Waals surface area contributed by atoms with Crippen molar-refractivity contribution in [1.82, 2.24) is 10.6 Å². The quantitative estimate of drug-likeness (QED) is 0.871. The number of halogens is 1. The normalized spacial score (nSPS) is 16.0. The van der Waals surface area contributed by atoms with Gasteiger partial charge in [-0.15, -0.1) is 0 Å². The SMILES string of the molecule is CC(C)CNCc1c(F)cccc1N1CCNC(=O)CC1. The lowest BCUT2D eigenvalue weighted by Gasteiger charge is -2.25. The number of benzene rings is 1. The van der Waals surface area contributed by atoms with Gasteiger partial charge < -0.3 is 15.5 Å². The van der Waals surface area contributed by atoms with Crippen molar-refractivity contribution < 1.29 is 9.18 Å². The van der Waals surface area contributed by atoms with E-state index in [9.17, 15) is 9.18 Å². The van der Waals surface area contributed by atoms with Gasteiger partial charge in [0.1, 0.15) is 5.82 Å². The van der Waals surface area contributed by atoms with Gasteiger partial charge in [-0.1, -0.05) is 19.9 Å². The van der Waals surface area contributed by atoms with Crippen molar-refractivity contribution in [1.29, 1.82) is 0 Å². The van der Waals surface area contributed by atoms with Crippen molar-refractivity contribution in [2.45, 2.75) is 26.8 Å². The van der Waals surface area contributed by atoms with Gasteiger partial charge in [0, 0.05) is 43.9 Å². The first kappa shape index (κ1) is 15.8. The molecule has 0 spiro atoms. The monoisotopic (exact) mass is 293 g/mol. The number of nitrogens with zero attached hydrogens (tertiary/aromatic N) is 1. The molecule has 2 rings (SSSR count). The Morgan fingerprint density at radius 3 is 2.95 bits per heavy atom. The average Bonchev–Trinajstić information content (AvgIpc) is 2.65. The van der Waals surface area contributed by atoms with E-state index in [0.717, 1.165) is 12.2 Å². The van der Waals surface area contributed by atoms with Crippen LogP contribution in [0.3, 0.4) is 0 Å². The van der Waals surface area contributed by atoms with Crippen molar-refractivity contribution in [2.75, 3.05) is 31.1 Å². The summed E-state index contributed by atoms with van der Waals surface area (Å²) in [5, 5.41) is 6.14. The van der Waals surface area contributed by atoms with Crippen LogP contribution in [0.2, 0.25) is 0 Å². The lowest BCUT2D eigenvalue weighted by Crippen LogP contribution is -2.30. The highest BCUT2D eigenvalue weighted by molar-refractivity contribution is 5.77. The van der Waals surface area contributed by atoms with E-state index in [1.54, 1.807) is 6.07 Å². The van der Waals surface area contributed by atoms with Crippen molar-refractivity contribution in [3.05, 3.63) is 29.6 Å². The summed E-state index contributed by atoms with van der Waals surface area (Å²) in [6, 6.07) is 5.17. The highest BCUT2D eigenvalue weighted by Gasteiger charge is 2.18. The molecule has 1 aliphatic rings. The second-order valence-electron chi connectivity index (χ2n) is 5.85. The van der Waals surface area contributed by atoms with Gasteiger partial charge in [0.05, 0.1) is 0 Å². The number of nitrogens with one attached hydrogen (secondary N) is 2. The standard InChI is InChI=1S/C16H24FN3O/c1-12(2)10-18-11-13-14(17)4-3-5-15(13)20-8-6-16(21)19-7-9-20/h3-5,12,18H,6-11H2,1-2H3,(H,19,21). The molecule has 1 aromatic carbocycles. The number of hydrogen-bond acceptors (Lipinski definition) is 3. The molecule has 0 radical (unpaired) electrons. The van der Waals surface area contributed by atoms with Crippen LogP contribution < -0.4 is 15.5 Å². The van der Waals surface area contributed by atoms with E-state index in [2.05, 4.69) is 29.4 Å². The van der Waals surface area contributed by atoms with Crippen LogP contribution in [0.1, 0.15) is 25.8 Å². The molecular formula is C16H24FN3O. The Hall–Kier alpha value is -1.62. The van der Waals surface area contributed by atoms with Crippen LogP contribution in [-0.2, 0) is 11.3 Å². The first-order valence-corrected chi connectivity index (χ1v) is 7.57. The number of carbonyl (C=O) groups is 1. The van der Waals surface area contributed by atoms with Crippen LogP contribution in [0.5, 0.6) is 0 Å². The van der Waals surface area contributed by atoms with Crippen molar-refractivity contribution in [3.8, 4) is 0 Å². The Kier molecular flexibility index (Phi) is 5.56. The van der Waals surface area contributed by atoms with E-state index in [-0.39, 0.29) is 11.7 Å². The van der Waals surface area contributed by atoms with Gasteiger partial charge >= 0.3 is 0 Å². The molecule has 0 aromatic heterocycles. The van der Waals surface area contributed by atoms with E-state index in [1.807, 2.05) is 6.07 Å². The summed E-state index contributed by atoms with van der Waals surface area (Å²) in [4.78, 5) is 13.5. The summed E-state index contributed by atoms with van der Waals surface area (Å²) in [5.41, 5.74) is 1.58. The van der Waals surface area contributed by atoms with Gasteiger partial charge in [-0.05, 0) is 24.6 Å². The number of hydrogen-bond donors (Lipinski definition) is 2. The van der Waals surface area contributed by atoms with Gasteiger partial charge in [-0.25, -0.2) is 4.39 Å². The largest absolute Gasteiger partial charge is 0.369 e. The molecule has 1 aliphatic heterocycles. The molecule has 0 unspecified atom stereocenters. The Bertz CT molecular complexity index is 490. The van der Waals surface area contributed by atoms with Gasteiger partial charge in [-0.3, -0.25) is 4.79 Å². The summed E-state index contributed by atoms with van der Waals surface area (Å²) < 4.78 is 14.2. The summed E-state index contributed by atoms with van der Waals surface area (Å²) in [5.74, 6) is 0.404. The summed E-state index contributed by atoms with van der Waals surface area (Å²) in [6.45, 7) is 7.57. The van der Waals surface area contributed by atoms with Gasteiger partial charge in [0.2, 0.25) is 5.91 Å². The number of carbonyl (C=O) groups excluding carboxylic acids is 1. The lowest BCUT2D eigenvalue weighted by atomic mass is 10.1. The maximum atomic E-state index is 14.2. The first-order chi connectivity index (χ1) is 10.1. The predicted molar refractivity (Wildman–Crippen MR) is 82.8 cm³/mol. The fourth-order valence-electron chi connectivity index (χ4n) is 2.51. The summed E-state index contributed by atoms with van der Waals surface area (Å²) in [6.07, 6.45) is 0.454. The predicted octanol–water partition coefficient (Wildman–Crippen LogP) is 1.90. The number of rotatable bonds is 5. The van der Waals surface area contributed by atoms with Crippen LogP contribution >= 0.6 is 0 Å². The molecule has 1 heterocycles. The maximum Gasteiger partial charge on any atom is 0.221 e. The highest BCUT2D eigenvalue weighted by Crippen LogP contribution is 2.24. The molecule has 0 aliphatic carbocycles. The first-order valence-electron chi connectivity index (χ1n) is 7.57. The molecule has 1 amide bonds. The molecule has 21 heavy (non-hydrogen) atoms. The molecule has 2 N–H and O–H groups in total. The average molecular weight is 293 g/mol. The van der Waals surface area contributed by atoms with Crippen LogP contribution in [-0.4, -0.2) is 32.1 Å².